The smallest absolute Gasteiger partial charge is 0.410 e. The van der Waals surface area contributed by atoms with Crippen molar-refractivity contribution in [1.82, 2.24) is 10.2 Å². The van der Waals surface area contributed by atoms with E-state index in [1.807, 2.05) is 31.7 Å². The zero-order valence-corrected chi connectivity index (χ0v) is 11.9. The second kappa shape index (κ2) is 6.78. The molecular weight excluding hydrogens is 228 g/mol. The molecule has 1 aliphatic heterocycles. The summed E-state index contributed by atoms with van der Waals surface area (Å²) < 4.78 is 5.40. The van der Waals surface area contributed by atoms with Gasteiger partial charge in [0.25, 0.3) is 0 Å². The van der Waals surface area contributed by atoms with Crippen LogP contribution in [0.4, 0.5) is 4.79 Å². The van der Waals surface area contributed by atoms with Crippen LogP contribution < -0.4 is 5.32 Å². The first kappa shape index (κ1) is 15.0. The van der Waals surface area contributed by atoms with E-state index < -0.39 is 5.60 Å². The normalized spacial score (nSPS) is 21.3. The fraction of sp³-hybridized carbons (Fsp3) is 0.786. The number of ether oxygens (including phenoxy) is 1. The van der Waals surface area contributed by atoms with Crippen LogP contribution in [0.5, 0.6) is 0 Å². The number of nitrogens with one attached hydrogen (secondary N) is 1. The Morgan fingerprint density at radius 2 is 2.17 bits per heavy atom. The van der Waals surface area contributed by atoms with Gasteiger partial charge in [0.1, 0.15) is 5.60 Å². The quantitative estimate of drug-likeness (QED) is 0.787. The van der Waals surface area contributed by atoms with Crippen LogP contribution in [0.2, 0.25) is 0 Å². The number of hydrogen-bond donors (Lipinski definition) is 1. The molecule has 0 bridgehead atoms. The third kappa shape index (κ3) is 5.54. The van der Waals surface area contributed by atoms with E-state index in [4.69, 9.17) is 4.74 Å². The standard InChI is InChI=1S/C14H26N2O2/c1-5-9-15-12-7-6-10-16(11-8-12)13(17)18-14(2,3)4/h5,12,15H,1,6-11H2,2-4H3. The van der Waals surface area contributed by atoms with Gasteiger partial charge >= 0.3 is 6.09 Å². The first-order valence-corrected chi connectivity index (χ1v) is 6.74. The van der Waals surface area contributed by atoms with Gasteiger partial charge in [-0.15, -0.1) is 6.58 Å². The molecule has 0 aromatic carbocycles. The minimum Gasteiger partial charge on any atom is -0.444 e. The summed E-state index contributed by atoms with van der Waals surface area (Å²) in [6, 6.07) is 0.482. The van der Waals surface area contributed by atoms with E-state index in [1.165, 1.54) is 0 Å². The van der Waals surface area contributed by atoms with Crippen LogP contribution in [0.15, 0.2) is 12.7 Å². The Kier molecular flexibility index (Phi) is 5.66. The van der Waals surface area contributed by atoms with Gasteiger partial charge in [-0.05, 0) is 40.0 Å². The van der Waals surface area contributed by atoms with Gasteiger partial charge in [-0.2, -0.15) is 0 Å². The van der Waals surface area contributed by atoms with Crippen LogP contribution in [-0.4, -0.2) is 42.3 Å². The molecular formula is C14H26N2O2. The van der Waals surface area contributed by atoms with E-state index in [2.05, 4.69) is 11.9 Å². The van der Waals surface area contributed by atoms with Crippen molar-refractivity contribution < 1.29 is 9.53 Å². The Labute approximate surface area is 110 Å². The van der Waals surface area contributed by atoms with E-state index in [0.717, 1.165) is 38.9 Å². The minimum absolute atomic E-state index is 0.188. The molecule has 1 atom stereocenters. The van der Waals surface area contributed by atoms with Gasteiger partial charge in [-0.1, -0.05) is 6.08 Å². The van der Waals surface area contributed by atoms with Crippen molar-refractivity contribution in [2.24, 2.45) is 0 Å². The van der Waals surface area contributed by atoms with Crippen LogP contribution in [0.1, 0.15) is 40.0 Å². The highest BCUT2D eigenvalue weighted by molar-refractivity contribution is 5.68. The van der Waals surface area contributed by atoms with Gasteiger partial charge in [0.15, 0.2) is 0 Å². The summed E-state index contributed by atoms with van der Waals surface area (Å²) >= 11 is 0. The maximum atomic E-state index is 12.0. The van der Waals surface area contributed by atoms with Crippen molar-refractivity contribution in [3.05, 3.63) is 12.7 Å². The van der Waals surface area contributed by atoms with E-state index in [-0.39, 0.29) is 6.09 Å². The highest BCUT2D eigenvalue weighted by atomic mass is 16.6. The molecule has 1 unspecified atom stereocenters. The van der Waals surface area contributed by atoms with Crippen molar-refractivity contribution in [2.45, 2.75) is 51.7 Å². The molecule has 0 aliphatic carbocycles. The van der Waals surface area contributed by atoms with E-state index >= 15 is 0 Å². The van der Waals surface area contributed by atoms with Gasteiger partial charge in [-0.3, -0.25) is 0 Å². The highest BCUT2D eigenvalue weighted by Gasteiger charge is 2.24. The lowest BCUT2D eigenvalue weighted by Crippen LogP contribution is -2.38. The summed E-state index contributed by atoms with van der Waals surface area (Å²) in [6.45, 7) is 11.8. The minimum atomic E-state index is -0.413. The van der Waals surface area contributed by atoms with Crippen molar-refractivity contribution in [1.29, 1.82) is 0 Å². The van der Waals surface area contributed by atoms with E-state index in [0.29, 0.717) is 6.04 Å². The molecule has 1 amide bonds. The highest BCUT2D eigenvalue weighted by Crippen LogP contribution is 2.15. The molecule has 0 spiro atoms. The molecule has 0 radical (unpaired) electrons. The Bertz CT molecular complexity index is 284. The van der Waals surface area contributed by atoms with Crippen LogP contribution in [0, 0.1) is 0 Å². The molecule has 104 valence electrons. The Balaban J connectivity index is 2.41. The first-order valence-electron chi connectivity index (χ1n) is 6.74. The summed E-state index contributed by atoms with van der Waals surface area (Å²) in [5, 5.41) is 3.42. The molecule has 1 aliphatic rings. The van der Waals surface area contributed by atoms with E-state index in [1.54, 1.807) is 0 Å². The number of likely N-dealkylation sites (tertiary alicyclic amines) is 1. The Hall–Kier alpha value is -1.03. The number of hydrogen-bond acceptors (Lipinski definition) is 3. The average molecular weight is 254 g/mol. The predicted octanol–water partition coefficient (Wildman–Crippen LogP) is 2.55. The van der Waals surface area contributed by atoms with Crippen LogP contribution in [0.3, 0.4) is 0 Å². The number of amides is 1. The summed E-state index contributed by atoms with van der Waals surface area (Å²) in [6.07, 6.45) is 4.79. The summed E-state index contributed by atoms with van der Waals surface area (Å²) in [5.74, 6) is 0. The lowest BCUT2D eigenvalue weighted by atomic mass is 10.1. The Morgan fingerprint density at radius 3 is 2.78 bits per heavy atom. The number of nitrogens with zero attached hydrogens (tertiary/aromatic N) is 1. The number of rotatable bonds is 3. The van der Waals surface area contributed by atoms with Crippen LogP contribution in [-0.2, 0) is 4.74 Å². The maximum absolute atomic E-state index is 12.0. The van der Waals surface area contributed by atoms with E-state index in [9.17, 15) is 4.79 Å². The molecule has 1 saturated heterocycles. The monoisotopic (exact) mass is 254 g/mol. The zero-order valence-electron chi connectivity index (χ0n) is 11.9. The first-order chi connectivity index (χ1) is 8.42. The average Bonchev–Trinajstić information content (AvgIpc) is 2.49. The molecule has 1 fully saturated rings. The molecule has 1 rings (SSSR count). The lowest BCUT2D eigenvalue weighted by Gasteiger charge is -2.26. The van der Waals surface area contributed by atoms with Gasteiger partial charge in [-0.25, -0.2) is 4.79 Å². The summed E-state index contributed by atoms with van der Waals surface area (Å²) in [7, 11) is 0. The second-order valence-electron chi connectivity index (χ2n) is 5.79. The molecule has 1 heterocycles. The van der Waals surface area contributed by atoms with Gasteiger partial charge in [0.05, 0.1) is 0 Å². The van der Waals surface area contributed by atoms with Crippen molar-refractivity contribution in [2.75, 3.05) is 19.6 Å². The number of carbonyl (C=O) groups is 1. The van der Waals surface area contributed by atoms with Crippen molar-refractivity contribution >= 4 is 6.09 Å². The largest absolute Gasteiger partial charge is 0.444 e. The van der Waals surface area contributed by atoms with Crippen molar-refractivity contribution in [3.63, 3.8) is 0 Å². The van der Waals surface area contributed by atoms with Gasteiger partial charge < -0.3 is 15.0 Å². The lowest BCUT2D eigenvalue weighted by molar-refractivity contribution is 0.0256. The van der Waals surface area contributed by atoms with Gasteiger partial charge in [0.2, 0.25) is 0 Å². The van der Waals surface area contributed by atoms with Gasteiger partial charge in [0, 0.05) is 25.7 Å². The summed E-state index contributed by atoms with van der Waals surface area (Å²) in [5.41, 5.74) is -0.413. The molecule has 4 nitrogen and oxygen atoms in total. The number of carbonyl (C=O) groups excluding carboxylic acids is 1. The molecule has 18 heavy (non-hydrogen) atoms. The summed E-state index contributed by atoms with van der Waals surface area (Å²) in [4.78, 5) is 13.8. The Morgan fingerprint density at radius 1 is 1.44 bits per heavy atom. The molecule has 4 heteroatoms. The third-order valence-electron chi connectivity index (χ3n) is 2.93. The van der Waals surface area contributed by atoms with Crippen molar-refractivity contribution in [3.8, 4) is 0 Å². The maximum Gasteiger partial charge on any atom is 0.410 e. The molecule has 0 aromatic rings. The topological polar surface area (TPSA) is 41.6 Å². The SMILES string of the molecule is C=CCNC1CCCN(C(=O)OC(C)(C)C)CC1. The fourth-order valence-corrected chi connectivity index (χ4v) is 2.06. The predicted molar refractivity (Wildman–Crippen MR) is 73.6 cm³/mol. The van der Waals surface area contributed by atoms with Crippen LogP contribution in [0.25, 0.3) is 0 Å². The molecule has 0 saturated carbocycles. The molecule has 0 aromatic heterocycles. The zero-order chi connectivity index (χ0) is 13.6. The molecule has 1 N–H and O–H groups in total. The van der Waals surface area contributed by atoms with Crippen LogP contribution >= 0.6 is 0 Å². The second-order valence-corrected chi connectivity index (χ2v) is 5.79. The fourth-order valence-electron chi connectivity index (χ4n) is 2.06. The third-order valence-corrected chi connectivity index (χ3v) is 2.93.